The Hall–Kier alpha value is -2.79. The molecule has 0 aliphatic rings. The van der Waals surface area contributed by atoms with Crippen LogP contribution in [0.3, 0.4) is 0 Å². The first-order valence-electron chi connectivity index (χ1n) is 7.09. The van der Waals surface area contributed by atoms with Crippen molar-refractivity contribution in [1.29, 1.82) is 0 Å². The van der Waals surface area contributed by atoms with Gasteiger partial charge in [-0.15, -0.1) is 0 Å². The zero-order valence-electron chi connectivity index (χ0n) is 12.8. The standard InChI is InChI=1S/C18H19NO4/c1-12(13-3-7-15(20)8-4-13)18(22)19-11-17(23-2)14-5-9-16(21)10-6-14/h3-10,17,20-21H,1,11H2,2H3,(H,19,22). The van der Waals surface area contributed by atoms with Gasteiger partial charge in [0.1, 0.15) is 11.5 Å². The second-order valence-corrected chi connectivity index (χ2v) is 5.05. The molecule has 3 N–H and O–H groups in total. The van der Waals surface area contributed by atoms with E-state index in [1.807, 2.05) is 0 Å². The normalized spacial score (nSPS) is 11.7. The second kappa shape index (κ2) is 7.47. The van der Waals surface area contributed by atoms with Crippen LogP contribution in [-0.2, 0) is 9.53 Å². The molecule has 0 fully saturated rings. The van der Waals surface area contributed by atoms with Crippen molar-refractivity contribution < 1.29 is 19.7 Å². The summed E-state index contributed by atoms with van der Waals surface area (Å²) in [5.74, 6) is -0.00130. The van der Waals surface area contributed by atoms with Crippen LogP contribution in [0.25, 0.3) is 5.57 Å². The highest BCUT2D eigenvalue weighted by Crippen LogP contribution is 2.20. The predicted octanol–water partition coefficient (Wildman–Crippen LogP) is 2.61. The molecule has 0 spiro atoms. The van der Waals surface area contributed by atoms with Crippen LogP contribution in [0.2, 0.25) is 0 Å². The maximum Gasteiger partial charge on any atom is 0.251 e. The van der Waals surface area contributed by atoms with E-state index in [0.29, 0.717) is 11.1 Å². The van der Waals surface area contributed by atoms with Crippen molar-refractivity contribution in [3.8, 4) is 11.5 Å². The van der Waals surface area contributed by atoms with Crippen molar-refractivity contribution in [3.05, 3.63) is 66.2 Å². The lowest BCUT2D eigenvalue weighted by atomic mass is 10.1. The van der Waals surface area contributed by atoms with E-state index in [2.05, 4.69) is 11.9 Å². The molecule has 5 heteroatoms. The quantitative estimate of drug-likeness (QED) is 0.716. The van der Waals surface area contributed by atoms with E-state index in [1.165, 1.54) is 12.1 Å². The first-order valence-corrected chi connectivity index (χ1v) is 7.09. The number of aromatic hydroxyl groups is 2. The van der Waals surface area contributed by atoms with Gasteiger partial charge in [0.25, 0.3) is 5.91 Å². The van der Waals surface area contributed by atoms with Gasteiger partial charge in [0.2, 0.25) is 0 Å². The molecule has 0 aromatic heterocycles. The van der Waals surface area contributed by atoms with Crippen molar-refractivity contribution in [2.45, 2.75) is 6.10 Å². The number of phenols is 2. The van der Waals surface area contributed by atoms with Crippen LogP contribution in [0.5, 0.6) is 11.5 Å². The smallest absolute Gasteiger partial charge is 0.251 e. The largest absolute Gasteiger partial charge is 0.508 e. The maximum atomic E-state index is 12.2. The topological polar surface area (TPSA) is 78.8 Å². The van der Waals surface area contributed by atoms with Gasteiger partial charge in [-0.25, -0.2) is 0 Å². The highest BCUT2D eigenvalue weighted by atomic mass is 16.5. The molecule has 2 aromatic carbocycles. The van der Waals surface area contributed by atoms with E-state index in [0.717, 1.165) is 5.56 Å². The minimum absolute atomic E-state index is 0.133. The summed E-state index contributed by atoms with van der Waals surface area (Å²) < 4.78 is 5.37. The summed E-state index contributed by atoms with van der Waals surface area (Å²) in [6.45, 7) is 4.05. The average Bonchev–Trinajstić information content (AvgIpc) is 2.56. The molecule has 0 saturated heterocycles. The van der Waals surface area contributed by atoms with E-state index >= 15 is 0 Å². The lowest BCUT2D eigenvalue weighted by Gasteiger charge is -2.17. The summed E-state index contributed by atoms with van der Waals surface area (Å²) in [6, 6.07) is 12.9. The van der Waals surface area contributed by atoms with E-state index in [1.54, 1.807) is 43.5 Å². The second-order valence-electron chi connectivity index (χ2n) is 5.05. The van der Waals surface area contributed by atoms with Gasteiger partial charge in [-0.1, -0.05) is 30.8 Å². The third-order valence-electron chi connectivity index (χ3n) is 3.49. The number of hydrogen-bond acceptors (Lipinski definition) is 4. The molecular weight excluding hydrogens is 294 g/mol. The van der Waals surface area contributed by atoms with Crippen molar-refractivity contribution in [2.75, 3.05) is 13.7 Å². The number of amides is 1. The molecule has 120 valence electrons. The van der Waals surface area contributed by atoms with E-state index in [-0.39, 0.29) is 30.1 Å². The molecule has 0 aliphatic heterocycles. The highest BCUT2D eigenvalue weighted by Gasteiger charge is 2.14. The number of phenolic OH excluding ortho intramolecular Hbond substituents is 2. The Morgan fingerprint density at radius 2 is 1.61 bits per heavy atom. The third-order valence-corrected chi connectivity index (χ3v) is 3.49. The molecule has 2 aromatic rings. The highest BCUT2D eigenvalue weighted by molar-refractivity contribution is 6.18. The van der Waals surface area contributed by atoms with Gasteiger partial charge in [-0.3, -0.25) is 4.79 Å². The van der Waals surface area contributed by atoms with E-state index in [9.17, 15) is 15.0 Å². The number of ether oxygens (including phenoxy) is 1. The summed E-state index contributed by atoms with van der Waals surface area (Å²) in [5, 5.41) is 21.3. The fourth-order valence-electron chi connectivity index (χ4n) is 2.11. The molecule has 1 atom stereocenters. The van der Waals surface area contributed by atoms with Crippen molar-refractivity contribution in [2.24, 2.45) is 0 Å². The Morgan fingerprint density at radius 1 is 1.09 bits per heavy atom. The number of methoxy groups -OCH3 is 1. The van der Waals surface area contributed by atoms with Crippen LogP contribution < -0.4 is 5.32 Å². The fraction of sp³-hybridized carbons (Fsp3) is 0.167. The Labute approximate surface area is 134 Å². The Bertz CT molecular complexity index is 677. The van der Waals surface area contributed by atoms with E-state index < -0.39 is 0 Å². The molecule has 2 rings (SSSR count). The number of hydrogen-bond donors (Lipinski definition) is 3. The summed E-state index contributed by atoms with van der Waals surface area (Å²) >= 11 is 0. The summed E-state index contributed by atoms with van der Waals surface area (Å²) in [6.07, 6.45) is -0.327. The zero-order chi connectivity index (χ0) is 16.8. The van der Waals surface area contributed by atoms with Gasteiger partial charge in [0.15, 0.2) is 0 Å². The lowest BCUT2D eigenvalue weighted by molar-refractivity contribution is -0.116. The molecule has 0 aliphatic carbocycles. The molecule has 0 saturated carbocycles. The third kappa shape index (κ3) is 4.34. The molecular formula is C18H19NO4. The van der Waals surface area contributed by atoms with Gasteiger partial charge in [0.05, 0.1) is 6.10 Å². The molecule has 1 amide bonds. The first-order chi connectivity index (χ1) is 11.0. The SMILES string of the molecule is C=C(C(=O)NCC(OC)c1ccc(O)cc1)c1ccc(O)cc1. The van der Waals surface area contributed by atoms with Gasteiger partial charge < -0.3 is 20.3 Å². The number of benzene rings is 2. The first kappa shape index (κ1) is 16.6. The van der Waals surface area contributed by atoms with Gasteiger partial charge in [0, 0.05) is 19.2 Å². The average molecular weight is 313 g/mol. The van der Waals surface area contributed by atoms with Gasteiger partial charge in [-0.05, 0) is 35.4 Å². The van der Waals surface area contributed by atoms with Crippen molar-refractivity contribution in [1.82, 2.24) is 5.32 Å². The van der Waals surface area contributed by atoms with Crippen LogP contribution in [-0.4, -0.2) is 29.8 Å². The van der Waals surface area contributed by atoms with Crippen LogP contribution in [0, 0.1) is 0 Å². The van der Waals surface area contributed by atoms with E-state index in [4.69, 9.17) is 4.74 Å². The number of rotatable bonds is 6. The molecule has 1 unspecified atom stereocenters. The van der Waals surface area contributed by atoms with Crippen LogP contribution in [0.15, 0.2) is 55.1 Å². The zero-order valence-corrected chi connectivity index (χ0v) is 12.8. The number of carbonyl (C=O) groups is 1. The summed E-state index contributed by atoms with van der Waals surface area (Å²) in [4.78, 5) is 12.2. The van der Waals surface area contributed by atoms with Gasteiger partial charge >= 0.3 is 0 Å². The monoisotopic (exact) mass is 313 g/mol. The molecule has 0 radical (unpaired) electrons. The number of carbonyl (C=O) groups excluding carboxylic acids is 1. The van der Waals surface area contributed by atoms with Gasteiger partial charge in [-0.2, -0.15) is 0 Å². The Morgan fingerprint density at radius 3 is 2.13 bits per heavy atom. The molecule has 23 heavy (non-hydrogen) atoms. The minimum atomic E-state index is -0.327. The predicted molar refractivity (Wildman–Crippen MR) is 88.0 cm³/mol. The van der Waals surface area contributed by atoms with Crippen LogP contribution in [0.1, 0.15) is 17.2 Å². The van der Waals surface area contributed by atoms with Crippen LogP contribution >= 0.6 is 0 Å². The van der Waals surface area contributed by atoms with Crippen molar-refractivity contribution in [3.63, 3.8) is 0 Å². The fourth-order valence-corrected chi connectivity index (χ4v) is 2.11. The Kier molecular flexibility index (Phi) is 5.38. The summed E-state index contributed by atoms with van der Waals surface area (Å²) in [5.41, 5.74) is 1.80. The number of nitrogens with one attached hydrogen (secondary N) is 1. The molecule has 5 nitrogen and oxygen atoms in total. The van der Waals surface area contributed by atoms with Crippen molar-refractivity contribution >= 4 is 11.5 Å². The molecule has 0 heterocycles. The maximum absolute atomic E-state index is 12.2. The summed E-state index contributed by atoms with van der Waals surface area (Å²) in [7, 11) is 1.55. The minimum Gasteiger partial charge on any atom is -0.508 e. The lowest BCUT2D eigenvalue weighted by Crippen LogP contribution is -2.29. The molecule has 0 bridgehead atoms. The van der Waals surface area contributed by atoms with Crippen LogP contribution in [0.4, 0.5) is 0 Å². The Balaban J connectivity index is 1.97.